The van der Waals surface area contributed by atoms with E-state index < -0.39 is 0 Å². The molecule has 2 rings (SSSR count). The van der Waals surface area contributed by atoms with Crippen LogP contribution in [0.5, 0.6) is 0 Å². The van der Waals surface area contributed by atoms with E-state index in [1.165, 1.54) is 0 Å². The highest BCUT2D eigenvalue weighted by atomic mass is 35.5. The van der Waals surface area contributed by atoms with Gasteiger partial charge in [-0.3, -0.25) is 4.98 Å². The summed E-state index contributed by atoms with van der Waals surface area (Å²) in [6, 6.07) is 7.82. The summed E-state index contributed by atoms with van der Waals surface area (Å²) >= 11 is 5.51. The molecule has 18 heavy (non-hydrogen) atoms. The Morgan fingerprint density at radius 2 is 2.00 bits per heavy atom. The summed E-state index contributed by atoms with van der Waals surface area (Å²) in [4.78, 5) is 8.81. The minimum Gasteiger partial charge on any atom is -0.380 e. The summed E-state index contributed by atoms with van der Waals surface area (Å²) in [5.41, 5.74) is 1.81. The van der Waals surface area contributed by atoms with Gasteiger partial charge in [-0.2, -0.15) is 0 Å². The van der Waals surface area contributed by atoms with E-state index in [0.717, 1.165) is 29.8 Å². The second-order valence-corrected chi connectivity index (χ2v) is 4.20. The van der Waals surface area contributed by atoms with Gasteiger partial charge in [0.05, 0.1) is 23.8 Å². The lowest BCUT2D eigenvalue weighted by Crippen LogP contribution is -2.08. The zero-order chi connectivity index (χ0) is 12.6. The number of rotatable bonds is 7. The van der Waals surface area contributed by atoms with Crippen LogP contribution in [0.2, 0.25) is 0 Å². The second kappa shape index (κ2) is 7.13. The predicted octanol–water partition coefficient (Wildman–Crippen LogP) is 2.69. The molecule has 1 aromatic heterocycles. The van der Waals surface area contributed by atoms with Gasteiger partial charge in [-0.25, -0.2) is 4.98 Å². The first-order valence-corrected chi connectivity index (χ1v) is 6.53. The van der Waals surface area contributed by atoms with Gasteiger partial charge in [-0.05, 0) is 18.6 Å². The molecule has 1 aromatic carbocycles. The van der Waals surface area contributed by atoms with Crippen molar-refractivity contribution >= 4 is 28.5 Å². The minimum atomic E-state index is 0.545. The first-order valence-electron chi connectivity index (χ1n) is 5.99. The van der Waals surface area contributed by atoms with E-state index in [1.54, 1.807) is 6.20 Å². The Morgan fingerprint density at radius 1 is 1.17 bits per heavy atom. The Morgan fingerprint density at radius 3 is 2.83 bits per heavy atom. The Balaban J connectivity index is 1.81. The lowest BCUT2D eigenvalue weighted by Gasteiger charge is -2.06. The van der Waals surface area contributed by atoms with Crippen molar-refractivity contribution in [3.05, 3.63) is 30.5 Å². The highest BCUT2D eigenvalue weighted by Crippen LogP contribution is 2.10. The number of nitrogens with one attached hydrogen (secondary N) is 1. The second-order valence-electron chi connectivity index (χ2n) is 3.83. The van der Waals surface area contributed by atoms with Crippen LogP contribution in [0.4, 0.5) is 5.82 Å². The van der Waals surface area contributed by atoms with Crippen LogP contribution in [0.1, 0.15) is 6.42 Å². The third kappa shape index (κ3) is 3.82. The quantitative estimate of drug-likeness (QED) is 0.618. The third-order valence-corrected chi connectivity index (χ3v) is 2.60. The molecular formula is C13H16ClN3O. The van der Waals surface area contributed by atoms with Crippen LogP contribution < -0.4 is 5.32 Å². The van der Waals surface area contributed by atoms with E-state index in [2.05, 4.69) is 15.3 Å². The predicted molar refractivity (Wildman–Crippen MR) is 74.2 cm³/mol. The molecule has 96 valence electrons. The van der Waals surface area contributed by atoms with Crippen molar-refractivity contribution in [1.82, 2.24) is 9.97 Å². The Hall–Kier alpha value is -1.39. The van der Waals surface area contributed by atoms with Gasteiger partial charge >= 0.3 is 0 Å². The third-order valence-electron chi connectivity index (χ3n) is 2.44. The molecule has 0 saturated heterocycles. The number of benzene rings is 1. The van der Waals surface area contributed by atoms with Crippen molar-refractivity contribution < 1.29 is 4.74 Å². The number of anilines is 1. The van der Waals surface area contributed by atoms with Crippen LogP contribution in [0, 0.1) is 0 Å². The van der Waals surface area contributed by atoms with E-state index in [9.17, 15) is 0 Å². The Labute approximate surface area is 111 Å². The Bertz CT molecular complexity index is 492. The van der Waals surface area contributed by atoms with Crippen molar-refractivity contribution in [2.24, 2.45) is 0 Å². The molecule has 0 saturated carbocycles. The minimum absolute atomic E-state index is 0.545. The van der Waals surface area contributed by atoms with Crippen LogP contribution >= 0.6 is 11.6 Å². The highest BCUT2D eigenvalue weighted by Gasteiger charge is 1.98. The molecule has 1 heterocycles. The summed E-state index contributed by atoms with van der Waals surface area (Å²) in [5.74, 6) is 1.34. The van der Waals surface area contributed by atoms with Gasteiger partial charge in [0, 0.05) is 19.0 Å². The molecule has 0 fully saturated rings. The number of ether oxygens (including phenoxy) is 1. The first-order chi connectivity index (χ1) is 8.90. The average Bonchev–Trinajstić information content (AvgIpc) is 2.42. The van der Waals surface area contributed by atoms with Crippen LogP contribution in [-0.4, -0.2) is 35.6 Å². The van der Waals surface area contributed by atoms with Gasteiger partial charge in [-0.15, -0.1) is 11.6 Å². The van der Waals surface area contributed by atoms with Crippen LogP contribution in [-0.2, 0) is 4.74 Å². The number of fused-ring (bicyclic) bond motifs is 1. The fourth-order valence-electron chi connectivity index (χ4n) is 1.59. The van der Waals surface area contributed by atoms with E-state index in [-0.39, 0.29) is 0 Å². The SMILES string of the molecule is ClCCOCCCNc1cnc2ccccc2n1. The number of alkyl halides is 1. The summed E-state index contributed by atoms with van der Waals surface area (Å²) in [6.45, 7) is 2.13. The zero-order valence-corrected chi connectivity index (χ0v) is 10.9. The summed E-state index contributed by atoms with van der Waals surface area (Å²) in [7, 11) is 0. The lowest BCUT2D eigenvalue weighted by atomic mass is 10.3. The maximum absolute atomic E-state index is 5.51. The van der Waals surface area contributed by atoms with E-state index in [4.69, 9.17) is 16.3 Å². The smallest absolute Gasteiger partial charge is 0.145 e. The van der Waals surface area contributed by atoms with Gasteiger partial charge < -0.3 is 10.1 Å². The van der Waals surface area contributed by atoms with Gasteiger partial charge in [0.25, 0.3) is 0 Å². The van der Waals surface area contributed by atoms with Crippen molar-refractivity contribution in [2.45, 2.75) is 6.42 Å². The summed E-state index contributed by atoms with van der Waals surface area (Å²) in [5, 5.41) is 3.23. The van der Waals surface area contributed by atoms with Crippen molar-refractivity contribution in [2.75, 3.05) is 31.0 Å². The molecule has 0 bridgehead atoms. The molecule has 0 unspecified atom stereocenters. The van der Waals surface area contributed by atoms with E-state index in [1.807, 2.05) is 24.3 Å². The molecule has 0 radical (unpaired) electrons. The molecule has 1 N–H and O–H groups in total. The van der Waals surface area contributed by atoms with E-state index >= 15 is 0 Å². The number of hydrogen-bond donors (Lipinski definition) is 1. The van der Waals surface area contributed by atoms with Gasteiger partial charge in [0.15, 0.2) is 0 Å². The van der Waals surface area contributed by atoms with E-state index in [0.29, 0.717) is 19.1 Å². The zero-order valence-electron chi connectivity index (χ0n) is 10.1. The molecule has 5 heteroatoms. The average molecular weight is 266 g/mol. The molecule has 0 aliphatic carbocycles. The van der Waals surface area contributed by atoms with Gasteiger partial charge in [-0.1, -0.05) is 12.1 Å². The lowest BCUT2D eigenvalue weighted by molar-refractivity contribution is 0.149. The van der Waals surface area contributed by atoms with Crippen molar-refractivity contribution in [1.29, 1.82) is 0 Å². The molecule has 0 amide bonds. The van der Waals surface area contributed by atoms with Crippen LogP contribution in [0.3, 0.4) is 0 Å². The molecule has 0 spiro atoms. The van der Waals surface area contributed by atoms with Crippen molar-refractivity contribution in [3.8, 4) is 0 Å². The number of nitrogens with zero attached hydrogens (tertiary/aromatic N) is 2. The molecule has 0 aliphatic rings. The summed E-state index contributed by atoms with van der Waals surface area (Å²) in [6.07, 6.45) is 2.67. The van der Waals surface area contributed by atoms with Crippen LogP contribution in [0.15, 0.2) is 30.5 Å². The fourth-order valence-corrected chi connectivity index (χ4v) is 1.70. The molecule has 0 aliphatic heterocycles. The monoisotopic (exact) mass is 265 g/mol. The maximum Gasteiger partial charge on any atom is 0.145 e. The highest BCUT2D eigenvalue weighted by molar-refractivity contribution is 6.17. The van der Waals surface area contributed by atoms with Crippen molar-refractivity contribution in [3.63, 3.8) is 0 Å². The normalized spacial score (nSPS) is 10.7. The maximum atomic E-state index is 5.51. The first kappa shape index (κ1) is 13.1. The van der Waals surface area contributed by atoms with Gasteiger partial charge in [0.1, 0.15) is 5.82 Å². The molecule has 0 atom stereocenters. The Kier molecular flexibility index (Phi) is 5.17. The standard InChI is InChI=1S/C13H16ClN3O/c14-6-9-18-8-3-7-15-13-10-16-11-4-1-2-5-12(11)17-13/h1-2,4-5,10H,3,6-9H2,(H,15,17). The number of para-hydroxylation sites is 2. The number of aromatic nitrogens is 2. The molecular weight excluding hydrogens is 250 g/mol. The summed E-state index contributed by atoms with van der Waals surface area (Å²) < 4.78 is 5.28. The fraction of sp³-hybridized carbons (Fsp3) is 0.385. The largest absolute Gasteiger partial charge is 0.380 e. The topological polar surface area (TPSA) is 47.0 Å². The number of halogens is 1. The number of hydrogen-bond acceptors (Lipinski definition) is 4. The molecule has 4 nitrogen and oxygen atoms in total. The molecule has 2 aromatic rings. The van der Waals surface area contributed by atoms with Gasteiger partial charge in [0.2, 0.25) is 0 Å². The van der Waals surface area contributed by atoms with Crippen LogP contribution in [0.25, 0.3) is 11.0 Å².